The average molecular weight is 320 g/mol. The van der Waals surface area contributed by atoms with Gasteiger partial charge < -0.3 is 4.74 Å². The fourth-order valence-electron chi connectivity index (χ4n) is 1.74. The van der Waals surface area contributed by atoms with Crippen LogP contribution in [0.3, 0.4) is 0 Å². The second-order valence-corrected chi connectivity index (χ2v) is 4.83. The van der Waals surface area contributed by atoms with Crippen LogP contribution < -0.4 is 4.74 Å². The van der Waals surface area contributed by atoms with Crippen molar-refractivity contribution in [3.63, 3.8) is 0 Å². The van der Waals surface area contributed by atoms with Crippen molar-refractivity contribution < 1.29 is 19.2 Å². The molecule has 0 aromatic heterocycles. The number of nitrogens with zero attached hydrogens (tertiary/aromatic N) is 1. The van der Waals surface area contributed by atoms with Gasteiger partial charge in [-0.25, -0.2) is 4.79 Å². The number of hydrogen-bond donors (Lipinski definition) is 0. The highest BCUT2D eigenvalue weighted by molar-refractivity contribution is 6.31. The summed E-state index contributed by atoms with van der Waals surface area (Å²) in [5, 5.41) is 10.9. The van der Waals surface area contributed by atoms with Crippen LogP contribution in [0.1, 0.15) is 27.6 Å². The smallest absolute Gasteiger partial charge is 0.343 e. The average Bonchev–Trinajstić information content (AvgIpc) is 2.48. The van der Waals surface area contributed by atoms with Gasteiger partial charge in [-0.15, -0.1) is 0 Å². The summed E-state index contributed by atoms with van der Waals surface area (Å²) in [6.45, 7) is 1.33. The zero-order valence-electron chi connectivity index (χ0n) is 11.4. The highest BCUT2D eigenvalue weighted by atomic mass is 35.5. The molecule has 0 heterocycles. The summed E-state index contributed by atoms with van der Waals surface area (Å²) in [6.07, 6.45) is 0. The van der Waals surface area contributed by atoms with Gasteiger partial charge in [0, 0.05) is 17.2 Å². The van der Waals surface area contributed by atoms with Gasteiger partial charge in [-0.2, -0.15) is 0 Å². The fourth-order valence-corrected chi connectivity index (χ4v) is 1.92. The summed E-state index contributed by atoms with van der Waals surface area (Å²) in [4.78, 5) is 33.5. The maximum atomic E-state index is 12.0. The van der Waals surface area contributed by atoms with Crippen LogP contribution in [-0.4, -0.2) is 16.7 Å². The van der Waals surface area contributed by atoms with Gasteiger partial charge >= 0.3 is 5.97 Å². The minimum absolute atomic E-state index is 0.0836. The van der Waals surface area contributed by atoms with Crippen molar-refractivity contribution in [3.05, 3.63) is 68.7 Å². The van der Waals surface area contributed by atoms with Crippen molar-refractivity contribution in [2.24, 2.45) is 0 Å². The zero-order chi connectivity index (χ0) is 16.3. The summed E-state index contributed by atoms with van der Waals surface area (Å²) >= 11 is 5.80. The standard InChI is InChI=1S/C15H10ClNO5/c1-9(18)13-8-11(16)4-7-14(13)22-15(19)10-2-5-12(6-3-10)17(20)21/h2-8H,1H3. The lowest BCUT2D eigenvalue weighted by atomic mass is 10.1. The second kappa shape index (κ2) is 6.36. The number of nitro benzene ring substituents is 1. The van der Waals surface area contributed by atoms with Crippen molar-refractivity contribution in [1.29, 1.82) is 0 Å². The Morgan fingerprint density at radius 3 is 2.32 bits per heavy atom. The van der Waals surface area contributed by atoms with E-state index in [1.54, 1.807) is 0 Å². The van der Waals surface area contributed by atoms with Crippen LogP contribution in [-0.2, 0) is 0 Å². The molecule has 0 spiro atoms. The lowest BCUT2D eigenvalue weighted by Gasteiger charge is -2.08. The monoisotopic (exact) mass is 319 g/mol. The van der Waals surface area contributed by atoms with Crippen molar-refractivity contribution in [1.82, 2.24) is 0 Å². The van der Waals surface area contributed by atoms with Crippen LogP contribution in [0.4, 0.5) is 5.69 Å². The van der Waals surface area contributed by atoms with Gasteiger partial charge in [0.25, 0.3) is 5.69 Å². The maximum Gasteiger partial charge on any atom is 0.343 e. The lowest BCUT2D eigenvalue weighted by molar-refractivity contribution is -0.384. The predicted molar refractivity (Wildman–Crippen MR) is 79.5 cm³/mol. The van der Waals surface area contributed by atoms with Crippen LogP contribution in [0.15, 0.2) is 42.5 Å². The summed E-state index contributed by atoms with van der Waals surface area (Å²) in [7, 11) is 0. The molecule has 0 atom stereocenters. The molecule has 7 heteroatoms. The van der Waals surface area contributed by atoms with E-state index in [1.807, 2.05) is 0 Å². The van der Waals surface area contributed by atoms with Gasteiger partial charge in [0.1, 0.15) is 5.75 Å². The summed E-state index contributed by atoms with van der Waals surface area (Å²) in [5.74, 6) is -0.936. The lowest BCUT2D eigenvalue weighted by Crippen LogP contribution is -2.11. The van der Waals surface area contributed by atoms with E-state index in [1.165, 1.54) is 49.4 Å². The van der Waals surface area contributed by atoms with Crippen molar-refractivity contribution in [2.75, 3.05) is 0 Å². The number of rotatable bonds is 4. The third-order valence-corrected chi connectivity index (χ3v) is 3.07. The molecule has 2 aromatic carbocycles. The largest absolute Gasteiger partial charge is 0.422 e. The molecule has 0 aliphatic rings. The number of carbonyl (C=O) groups excluding carboxylic acids is 2. The van der Waals surface area contributed by atoms with E-state index in [4.69, 9.17) is 16.3 Å². The molecular weight excluding hydrogens is 310 g/mol. The number of ketones is 1. The Balaban J connectivity index is 2.25. The van der Waals surface area contributed by atoms with Gasteiger partial charge in [0.05, 0.1) is 16.1 Å². The third kappa shape index (κ3) is 3.48. The van der Waals surface area contributed by atoms with Gasteiger partial charge in [-0.3, -0.25) is 14.9 Å². The zero-order valence-corrected chi connectivity index (χ0v) is 12.2. The van der Waals surface area contributed by atoms with E-state index in [-0.39, 0.29) is 28.3 Å². The SMILES string of the molecule is CC(=O)c1cc(Cl)ccc1OC(=O)c1ccc([N+](=O)[O-])cc1. The van der Waals surface area contributed by atoms with Crippen molar-refractivity contribution in [3.8, 4) is 5.75 Å². The molecule has 0 N–H and O–H groups in total. The predicted octanol–water partition coefficient (Wildman–Crippen LogP) is 3.67. The highest BCUT2D eigenvalue weighted by Crippen LogP contribution is 2.24. The molecule has 0 aliphatic heterocycles. The summed E-state index contributed by atoms with van der Waals surface area (Å²) < 4.78 is 5.16. The van der Waals surface area contributed by atoms with Gasteiger partial charge in [0.15, 0.2) is 5.78 Å². The van der Waals surface area contributed by atoms with Crippen molar-refractivity contribution in [2.45, 2.75) is 6.92 Å². The number of halogens is 1. The first-order valence-corrected chi connectivity index (χ1v) is 6.53. The molecule has 2 rings (SSSR count). The topological polar surface area (TPSA) is 86.5 Å². The molecule has 0 saturated heterocycles. The number of nitro groups is 1. The molecule has 112 valence electrons. The van der Waals surface area contributed by atoms with E-state index < -0.39 is 10.9 Å². The van der Waals surface area contributed by atoms with Gasteiger partial charge in [-0.1, -0.05) is 11.6 Å². The van der Waals surface area contributed by atoms with Crippen LogP contribution in [0, 0.1) is 10.1 Å². The number of non-ortho nitro benzene ring substituents is 1. The molecule has 6 nitrogen and oxygen atoms in total. The van der Waals surface area contributed by atoms with Crippen LogP contribution in [0.5, 0.6) is 5.75 Å². The summed E-state index contributed by atoms with van der Waals surface area (Å²) in [6, 6.07) is 9.28. The molecule has 0 bridgehead atoms. The molecule has 0 radical (unpaired) electrons. The number of benzene rings is 2. The fraction of sp³-hybridized carbons (Fsp3) is 0.0667. The molecule has 0 aliphatic carbocycles. The normalized spacial score (nSPS) is 10.1. The van der Waals surface area contributed by atoms with E-state index >= 15 is 0 Å². The maximum absolute atomic E-state index is 12.0. The third-order valence-electron chi connectivity index (χ3n) is 2.84. The molecule has 0 saturated carbocycles. The molecular formula is C15H10ClNO5. The Kier molecular flexibility index (Phi) is 4.53. The highest BCUT2D eigenvalue weighted by Gasteiger charge is 2.15. The van der Waals surface area contributed by atoms with Crippen molar-refractivity contribution >= 4 is 29.0 Å². The summed E-state index contributed by atoms with van der Waals surface area (Å²) in [5.41, 5.74) is 0.185. The Morgan fingerprint density at radius 1 is 1.14 bits per heavy atom. The van der Waals surface area contributed by atoms with E-state index in [0.29, 0.717) is 5.02 Å². The number of hydrogen-bond acceptors (Lipinski definition) is 5. The Hall–Kier alpha value is -2.73. The second-order valence-electron chi connectivity index (χ2n) is 4.39. The first-order chi connectivity index (χ1) is 10.4. The van der Waals surface area contributed by atoms with E-state index in [0.717, 1.165) is 0 Å². The van der Waals surface area contributed by atoms with Crippen LogP contribution in [0.2, 0.25) is 5.02 Å². The molecule has 0 amide bonds. The van der Waals surface area contributed by atoms with Crippen LogP contribution in [0.25, 0.3) is 0 Å². The van der Waals surface area contributed by atoms with E-state index in [2.05, 4.69) is 0 Å². The van der Waals surface area contributed by atoms with E-state index in [9.17, 15) is 19.7 Å². The van der Waals surface area contributed by atoms with Gasteiger partial charge in [-0.05, 0) is 37.3 Å². The Bertz CT molecular complexity index is 755. The molecule has 0 unspecified atom stereocenters. The number of Topliss-reactive ketones (excluding diaryl/α,β-unsaturated/α-hetero) is 1. The molecule has 2 aromatic rings. The number of esters is 1. The first-order valence-electron chi connectivity index (χ1n) is 6.15. The molecule has 22 heavy (non-hydrogen) atoms. The first kappa shape index (κ1) is 15.7. The quantitative estimate of drug-likeness (QED) is 0.282. The Morgan fingerprint density at radius 2 is 1.77 bits per heavy atom. The van der Waals surface area contributed by atoms with Gasteiger partial charge in [0.2, 0.25) is 0 Å². The molecule has 0 fully saturated rings. The minimum atomic E-state index is -0.722. The number of carbonyl (C=O) groups is 2. The van der Waals surface area contributed by atoms with Crippen LogP contribution >= 0.6 is 11.6 Å². The Labute approximate surface area is 130 Å². The number of ether oxygens (including phenoxy) is 1. The minimum Gasteiger partial charge on any atom is -0.422 e.